The van der Waals surface area contributed by atoms with Crippen LogP contribution in [0.15, 0.2) is 94.4 Å². The molecule has 5 rings (SSSR count). The van der Waals surface area contributed by atoms with Crippen molar-refractivity contribution >= 4 is 38.5 Å². The molecule has 0 bridgehead atoms. The first-order chi connectivity index (χ1) is 13.8. The monoisotopic (exact) mass is 381 g/mol. The molecular formula is C23H15N3OS. The van der Waals surface area contributed by atoms with E-state index in [1.165, 1.54) is 27.7 Å². The molecule has 0 aliphatic heterocycles. The van der Waals surface area contributed by atoms with Crippen LogP contribution < -0.4 is 5.56 Å². The molecule has 0 amide bonds. The van der Waals surface area contributed by atoms with Gasteiger partial charge in [-0.2, -0.15) is 9.78 Å². The van der Waals surface area contributed by atoms with Crippen molar-refractivity contribution in [3.05, 3.63) is 100 Å². The Morgan fingerprint density at radius 1 is 0.929 bits per heavy atom. The average Bonchev–Trinajstić information content (AvgIpc) is 3.19. The van der Waals surface area contributed by atoms with Gasteiger partial charge < -0.3 is 0 Å². The van der Waals surface area contributed by atoms with Gasteiger partial charge >= 0.3 is 0 Å². The van der Waals surface area contributed by atoms with Crippen LogP contribution in [0.1, 0.15) is 5.56 Å². The summed E-state index contributed by atoms with van der Waals surface area (Å²) in [4.78, 5) is 18.2. The number of benzene rings is 3. The van der Waals surface area contributed by atoms with Crippen molar-refractivity contribution in [2.24, 2.45) is 5.10 Å². The third-order valence-electron chi connectivity index (χ3n) is 4.67. The third kappa shape index (κ3) is 2.92. The van der Waals surface area contributed by atoms with Crippen LogP contribution in [0.5, 0.6) is 0 Å². The number of fused-ring (bicyclic) bond motifs is 2. The largest absolute Gasteiger partial charge is 0.283 e. The number of hydrogen-bond acceptors (Lipinski definition) is 4. The third-order valence-corrected chi connectivity index (χ3v) is 5.55. The van der Waals surface area contributed by atoms with E-state index >= 15 is 0 Å². The van der Waals surface area contributed by atoms with Crippen LogP contribution in [0.2, 0.25) is 0 Å². The van der Waals surface area contributed by atoms with Crippen LogP contribution in [0, 0.1) is 0 Å². The maximum absolute atomic E-state index is 13.0. The van der Waals surface area contributed by atoms with E-state index in [0.29, 0.717) is 5.39 Å². The standard InChI is InChI=1S/C23H15N3OS/c27-23-21-20(18-7-2-1-3-8-18)14-28-22(21)24-15-26(23)25-13-16-10-11-17-6-4-5-9-19(17)12-16/h1-15H/b25-13+. The molecule has 0 atom stereocenters. The highest BCUT2D eigenvalue weighted by Crippen LogP contribution is 2.30. The van der Waals surface area contributed by atoms with Crippen molar-refractivity contribution in [2.75, 3.05) is 0 Å². The van der Waals surface area contributed by atoms with Gasteiger partial charge in [0.25, 0.3) is 5.56 Å². The van der Waals surface area contributed by atoms with E-state index in [4.69, 9.17) is 0 Å². The van der Waals surface area contributed by atoms with Gasteiger partial charge in [0.1, 0.15) is 11.2 Å². The van der Waals surface area contributed by atoms with Gasteiger partial charge in [-0.3, -0.25) is 4.79 Å². The zero-order chi connectivity index (χ0) is 18.9. The Kier molecular flexibility index (Phi) is 4.07. The van der Waals surface area contributed by atoms with E-state index in [2.05, 4.69) is 28.3 Å². The molecule has 0 unspecified atom stereocenters. The smallest absolute Gasteiger partial charge is 0.267 e. The van der Waals surface area contributed by atoms with Gasteiger partial charge in [0.2, 0.25) is 0 Å². The van der Waals surface area contributed by atoms with Crippen molar-refractivity contribution in [3.63, 3.8) is 0 Å². The molecule has 28 heavy (non-hydrogen) atoms. The Balaban J connectivity index is 1.58. The summed E-state index contributed by atoms with van der Waals surface area (Å²) in [6.07, 6.45) is 3.17. The summed E-state index contributed by atoms with van der Waals surface area (Å²) in [5.41, 5.74) is 2.67. The molecule has 0 radical (unpaired) electrons. The Hall–Kier alpha value is -3.57. The predicted octanol–water partition coefficient (Wildman–Crippen LogP) is 5.16. The highest BCUT2D eigenvalue weighted by molar-refractivity contribution is 7.17. The van der Waals surface area contributed by atoms with Crippen LogP contribution in [-0.4, -0.2) is 15.9 Å². The molecule has 5 heteroatoms. The van der Waals surface area contributed by atoms with Gasteiger partial charge in [-0.25, -0.2) is 4.98 Å². The van der Waals surface area contributed by atoms with Crippen LogP contribution in [0.4, 0.5) is 0 Å². The van der Waals surface area contributed by atoms with Crippen molar-refractivity contribution in [2.45, 2.75) is 0 Å². The number of thiophene rings is 1. The van der Waals surface area contributed by atoms with Gasteiger partial charge in [0.05, 0.1) is 11.6 Å². The highest BCUT2D eigenvalue weighted by Gasteiger charge is 2.12. The molecule has 0 aliphatic rings. The van der Waals surface area contributed by atoms with Gasteiger partial charge in [-0.05, 0) is 28.0 Å². The first kappa shape index (κ1) is 16.6. The Morgan fingerprint density at radius 2 is 1.71 bits per heavy atom. The van der Waals surface area contributed by atoms with E-state index in [9.17, 15) is 4.79 Å². The van der Waals surface area contributed by atoms with Gasteiger partial charge in [-0.15, -0.1) is 11.3 Å². The number of rotatable bonds is 3. The van der Waals surface area contributed by atoms with Crippen molar-refractivity contribution in [1.82, 2.24) is 9.66 Å². The molecule has 0 aliphatic carbocycles. The van der Waals surface area contributed by atoms with Crippen LogP contribution in [0.25, 0.3) is 32.1 Å². The second kappa shape index (κ2) is 6.87. The lowest BCUT2D eigenvalue weighted by Gasteiger charge is -2.02. The minimum Gasteiger partial charge on any atom is -0.267 e. The van der Waals surface area contributed by atoms with E-state index in [1.807, 2.05) is 60.0 Å². The SMILES string of the molecule is O=c1c2c(-c3ccccc3)csc2ncn1/N=C/c1ccc2ccccc2c1. The molecule has 0 saturated heterocycles. The molecule has 4 nitrogen and oxygen atoms in total. The first-order valence-electron chi connectivity index (χ1n) is 8.87. The second-order valence-corrected chi connectivity index (χ2v) is 7.30. The van der Waals surface area contributed by atoms with E-state index < -0.39 is 0 Å². The zero-order valence-corrected chi connectivity index (χ0v) is 15.6. The van der Waals surface area contributed by atoms with Gasteiger partial charge in [-0.1, -0.05) is 66.7 Å². The topological polar surface area (TPSA) is 47.2 Å². The maximum Gasteiger partial charge on any atom is 0.283 e. The zero-order valence-electron chi connectivity index (χ0n) is 14.8. The molecule has 0 spiro atoms. The minimum absolute atomic E-state index is 0.165. The normalized spacial score (nSPS) is 11.6. The summed E-state index contributed by atoms with van der Waals surface area (Å²) in [6.45, 7) is 0. The first-order valence-corrected chi connectivity index (χ1v) is 9.75. The maximum atomic E-state index is 13.0. The number of nitrogens with zero attached hydrogens (tertiary/aromatic N) is 3. The van der Waals surface area contributed by atoms with E-state index in [-0.39, 0.29) is 5.56 Å². The predicted molar refractivity (Wildman–Crippen MR) is 116 cm³/mol. The lowest BCUT2D eigenvalue weighted by atomic mass is 10.1. The average molecular weight is 381 g/mol. The number of hydrogen-bond donors (Lipinski definition) is 0. The fraction of sp³-hybridized carbons (Fsp3) is 0. The Labute approximate surface area is 165 Å². The highest BCUT2D eigenvalue weighted by atomic mass is 32.1. The lowest BCUT2D eigenvalue weighted by molar-refractivity contribution is 0.819. The fourth-order valence-electron chi connectivity index (χ4n) is 3.25. The quantitative estimate of drug-likeness (QED) is 0.405. The summed E-state index contributed by atoms with van der Waals surface area (Å²) >= 11 is 1.47. The fourth-order valence-corrected chi connectivity index (χ4v) is 4.16. The Morgan fingerprint density at radius 3 is 2.57 bits per heavy atom. The molecule has 5 aromatic rings. The Bertz CT molecular complexity index is 1380. The molecule has 3 aromatic carbocycles. The molecule has 134 valence electrons. The molecular weight excluding hydrogens is 366 g/mol. The van der Waals surface area contributed by atoms with Crippen molar-refractivity contribution in [3.8, 4) is 11.1 Å². The molecule has 0 fully saturated rings. The van der Waals surface area contributed by atoms with Crippen LogP contribution in [-0.2, 0) is 0 Å². The van der Waals surface area contributed by atoms with Gasteiger partial charge in [0.15, 0.2) is 0 Å². The summed E-state index contributed by atoms with van der Waals surface area (Å²) in [5, 5.41) is 9.26. The summed E-state index contributed by atoms with van der Waals surface area (Å²) in [5.74, 6) is 0. The number of aromatic nitrogens is 2. The van der Waals surface area contributed by atoms with Crippen LogP contribution in [0.3, 0.4) is 0 Å². The van der Waals surface area contributed by atoms with Gasteiger partial charge in [0, 0.05) is 10.9 Å². The molecule has 2 aromatic heterocycles. The summed E-state index contributed by atoms with van der Waals surface area (Å²) in [7, 11) is 0. The van der Waals surface area contributed by atoms with Crippen molar-refractivity contribution in [1.29, 1.82) is 0 Å². The molecule has 0 saturated carbocycles. The molecule has 0 N–H and O–H groups in total. The lowest BCUT2D eigenvalue weighted by Crippen LogP contribution is -2.16. The second-order valence-electron chi connectivity index (χ2n) is 6.44. The van der Waals surface area contributed by atoms with Crippen LogP contribution >= 0.6 is 11.3 Å². The summed E-state index contributed by atoms with van der Waals surface area (Å²) < 4.78 is 1.30. The summed E-state index contributed by atoms with van der Waals surface area (Å²) in [6, 6.07) is 24.1. The van der Waals surface area contributed by atoms with E-state index in [0.717, 1.165) is 26.9 Å². The minimum atomic E-state index is -0.165. The molecule has 2 heterocycles. The van der Waals surface area contributed by atoms with E-state index in [1.54, 1.807) is 6.21 Å². The van der Waals surface area contributed by atoms with Crippen molar-refractivity contribution < 1.29 is 0 Å².